The number of nitrogens with two attached hydrogens (primary N) is 1. The van der Waals surface area contributed by atoms with Gasteiger partial charge in [0.2, 0.25) is 0 Å². The van der Waals surface area contributed by atoms with Gasteiger partial charge in [-0.2, -0.15) is 5.10 Å². The van der Waals surface area contributed by atoms with E-state index in [-0.39, 0.29) is 6.61 Å². The van der Waals surface area contributed by atoms with Crippen molar-refractivity contribution in [2.45, 2.75) is 20.4 Å². The molecule has 0 bridgehead atoms. The molecule has 0 fully saturated rings. The topological polar surface area (TPSA) is 95.9 Å². The number of fused-ring (bicyclic) bond motifs is 1. The van der Waals surface area contributed by atoms with Gasteiger partial charge in [0, 0.05) is 29.6 Å². The summed E-state index contributed by atoms with van der Waals surface area (Å²) in [5.41, 5.74) is 10.5. The summed E-state index contributed by atoms with van der Waals surface area (Å²) in [5.74, 6) is 0.0627. The molecule has 1 amide bonds. The summed E-state index contributed by atoms with van der Waals surface area (Å²) in [4.78, 5) is 20.2. The second-order valence-corrected chi connectivity index (χ2v) is 6.65. The molecule has 2 N–H and O–H groups in total. The van der Waals surface area contributed by atoms with E-state index >= 15 is 0 Å². The number of hydrogen-bond donors (Lipinski definition) is 1. The van der Waals surface area contributed by atoms with Crippen molar-refractivity contribution in [3.05, 3.63) is 60.4 Å². The number of pyridine rings is 2. The highest BCUT2D eigenvalue weighted by Crippen LogP contribution is 2.33. The number of carbonyl (C=O) groups is 1. The van der Waals surface area contributed by atoms with E-state index < -0.39 is 5.91 Å². The highest BCUT2D eigenvalue weighted by molar-refractivity contribution is 5.96. The Bertz CT molecular complexity index is 1170. The Balaban J connectivity index is 1.82. The zero-order valence-electron chi connectivity index (χ0n) is 16.3. The van der Waals surface area contributed by atoms with Gasteiger partial charge in [-0.3, -0.25) is 14.5 Å². The van der Waals surface area contributed by atoms with Crippen molar-refractivity contribution in [3.63, 3.8) is 0 Å². The molecule has 1 aromatic carbocycles. The van der Waals surface area contributed by atoms with Crippen molar-refractivity contribution in [1.29, 1.82) is 0 Å². The molecule has 3 heterocycles. The predicted octanol–water partition coefficient (Wildman–Crippen LogP) is 3.35. The molecule has 4 aromatic rings. The molecule has 29 heavy (non-hydrogen) atoms. The summed E-state index contributed by atoms with van der Waals surface area (Å²) in [6.07, 6.45) is 1.78. The highest BCUT2D eigenvalue weighted by Gasteiger charge is 2.17. The Morgan fingerprint density at radius 2 is 1.93 bits per heavy atom. The summed E-state index contributed by atoms with van der Waals surface area (Å²) in [6.45, 7) is 4.73. The minimum atomic E-state index is -0.511. The first-order valence-electron chi connectivity index (χ1n) is 9.38. The lowest BCUT2D eigenvalue weighted by Gasteiger charge is -2.08. The van der Waals surface area contributed by atoms with E-state index in [1.807, 2.05) is 41.1 Å². The second kappa shape index (κ2) is 7.71. The number of aryl methyl sites for hydroxylation is 2. The molecule has 7 nitrogen and oxygen atoms in total. The summed E-state index contributed by atoms with van der Waals surface area (Å²) in [7, 11) is 0. The van der Waals surface area contributed by atoms with Crippen molar-refractivity contribution >= 4 is 16.9 Å². The first kappa shape index (κ1) is 18.6. The smallest absolute Gasteiger partial charge is 0.255 e. The van der Waals surface area contributed by atoms with Gasteiger partial charge in [0.25, 0.3) is 5.91 Å². The van der Waals surface area contributed by atoms with Gasteiger partial charge in [0.15, 0.2) is 12.3 Å². The number of rotatable bonds is 6. The van der Waals surface area contributed by atoms with E-state index in [4.69, 9.17) is 15.5 Å². The van der Waals surface area contributed by atoms with E-state index in [1.54, 1.807) is 18.3 Å². The Morgan fingerprint density at radius 1 is 1.14 bits per heavy atom. The van der Waals surface area contributed by atoms with Crippen molar-refractivity contribution in [3.8, 4) is 28.3 Å². The molecular weight excluding hydrogens is 366 g/mol. The monoisotopic (exact) mass is 387 g/mol. The van der Waals surface area contributed by atoms with Crippen molar-refractivity contribution in [2.75, 3.05) is 6.61 Å². The van der Waals surface area contributed by atoms with Crippen LogP contribution in [0.2, 0.25) is 0 Å². The molecule has 7 heteroatoms. The van der Waals surface area contributed by atoms with Crippen LogP contribution in [0.15, 0.2) is 54.7 Å². The second-order valence-electron chi connectivity index (χ2n) is 6.65. The average Bonchev–Trinajstić information content (AvgIpc) is 3.08. The first-order valence-corrected chi connectivity index (χ1v) is 9.38. The number of aromatic nitrogens is 4. The third kappa shape index (κ3) is 3.67. The fraction of sp³-hybridized carbons (Fsp3) is 0.182. The van der Waals surface area contributed by atoms with Crippen LogP contribution in [0, 0.1) is 6.92 Å². The van der Waals surface area contributed by atoms with Gasteiger partial charge < -0.3 is 10.5 Å². The zero-order valence-corrected chi connectivity index (χ0v) is 16.3. The maximum atomic E-state index is 10.9. The van der Waals surface area contributed by atoms with Crippen LogP contribution in [-0.4, -0.2) is 32.3 Å². The lowest BCUT2D eigenvalue weighted by molar-refractivity contribution is -0.119. The average molecular weight is 387 g/mol. The van der Waals surface area contributed by atoms with Gasteiger partial charge in [0.05, 0.1) is 16.8 Å². The summed E-state index contributed by atoms with van der Waals surface area (Å²) >= 11 is 0. The molecule has 0 aliphatic rings. The third-order valence-corrected chi connectivity index (χ3v) is 4.74. The molecule has 0 spiro atoms. The van der Waals surface area contributed by atoms with E-state index in [2.05, 4.69) is 23.9 Å². The van der Waals surface area contributed by atoms with Crippen LogP contribution in [0.4, 0.5) is 0 Å². The number of ether oxygens (including phenoxy) is 1. The standard InChI is InChI=1S/C22H21N5O2/c1-3-27-14(2)21-17(18-6-4-5-11-24-18)12-19(25-22(21)26-27)15-7-9-16(10-8-15)29-13-20(23)28/h4-12H,3,13H2,1-2H3,(H2,23,28). The lowest BCUT2D eigenvalue weighted by Crippen LogP contribution is -2.19. The van der Waals surface area contributed by atoms with Gasteiger partial charge in [-0.15, -0.1) is 0 Å². The van der Waals surface area contributed by atoms with Crippen molar-refractivity contribution in [1.82, 2.24) is 19.7 Å². The first-order chi connectivity index (χ1) is 14.1. The molecule has 146 valence electrons. The van der Waals surface area contributed by atoms with Gasteiger partial charge in [-0.05, 0) is 56.3 Å². The molecule has 4 rings (SSSR count). The van der Waals surface area contributed by atoms with Gasteiger partial charge in [-0.1, -0.05) is 6.07 Å². The quantitative estimate of drug-likeness (QED) is 0.547. The van der Waals surface area contributed by atoms with E-state index in [9.17, 15) is 4.79 Å². The van der Waals surface area contributed by atoms with E-state index in [1.165, 1.54) is 0 Å². The molecule has 0 atom stereocenters. The highest BCUT2D eigenvalue weighted by atomic mass is 16.5. The van der Waals surface area contributed by atoms with E-state index in [0.29, 0.717) is 11.4 Å². The van der Waals surface area contributed by atoms with Crippen LogP contribution < -0.4 is 10.5 Å². The van der Waals surface area contributed by atoms with Crippen LogP contribution in [0.3, 0.4) is 0 Å². The molecular formula is C22H21N5O2. The predicted molar refractivity (Wildman–Crippen MR) is 111 cm³/mol. The van der Waals surface area contributed by atoms with Crippen LogP contribution in [0.1, 0.15) is 12.6 Å². The maximum absolute atomic E-state index is 10.9. The Hall–Kier alpha value is -3.74. The number of primary amides is 1. The van der Waals surface area contributed by atoms with E-state index in [0.717, 1.165) is 40.1 Å². The Labute approximate surface area is 168 Å². The van der Waals surface area contributed by atoms with Gasteiger partial charge in [0.1, 0.15) is 5.75 Å². The van der Waals surface area contributed by atoms with Crippen LogP contribution in [0.5, 0.6) is 5.75 Å². The minimum absolute atomic E-state index is 0.152. The Morgan fingerprint density at radius 3 is 2.59 bits per heavy atom. The zero-order chi connectivity index (χ0) is 20.4. The molecule has 3 aromatic heterocycles. The Kier molecular flexibility index (Phi) is 4.95. The fourth-order valence-electron chi connectivity index (χ4n) is 3.34. The molecule has 0 saturated carbocycles. The number of carbonyl (C=O) groups excluding carboxylic acids is 1. The SMILES string of the molecule is CCn1nc2nc(-c3ccc(OCC(N)=O)cc3)cc(-c3ccccn3)c2c1C. The summed E-state index contributed by atoms with van der Waals surface area (Å²) in [6, 6.07) is 15.3. The van der Waals surface area contributed by atoms with Crippen LogP contribution >= 0.6 is 0 Å². The largest absolute Gasteiger partial charge is 0.484 e. The number of hydrogen-bond acceptors (Lipinski definition) is 5. The molecule has 0 saturated heterocycles. The maximum Gasteiger partial charge on any atom is 0.255 e. The third-order valence-electron chi connectivity index (χ3n) is 4.74. The van der Waals surface area contributed by atoms with Crippen molar-refractivity contribution in [2.24, 2.45) is 5.73 Å². The normalized spacial score (nSPS) is 11.0. The minimum Gasteiger partial charge on any atom is -0.484 e. The van der Waals surface area contributed by atoms with Crippen LogP contribution in [-0.2, 0) is 11.3 Å². The van der Waals surface area contributed by atoms with Gasteiger partial charge in [-0.25, -0.2) is 4.98 Å². The summed E-state index contributed by atoms with van der Waals surface area (Å²) < 4.78 is 7.29. The summed E-state index contributed by atoms with van der Waals surface area (Å²) in [5, 5.41) is 5.68. The van der Waals surface area contributed by atoms with Crippen molar-refractivity contribution < 1.29 is 9.53 Å². The molecule has 0 radical (unpaired) electrons. The molecule has 0 aliphatic heterocycles. The molecule has 0 unspecified atom stereocenters. The fourth-order valence-corrected chi connectivity index (χ4v) is 3.34. The van der Waals surface area contributed by atoms with Crippen LogP contribution in [0.25, 0.3) is 33.5 Å². The number of amides is 1. The lowest BCUT2D eigenvalue weighted by atomic mass is 10.0. The number of nitrogens with zero attached hydrogens (tertiary/aromatic N) is 4. The number of benzene rings is 1. The molecule has 0 aliphatic carbocycles. The van der Waals surface area contributed by atoms with Gasteiger partial charge >= 0.3 is 0 Å².